The monoisotopic (exact) mass is 273 g/mol. The van der Waals surface area contributed by atoms with Gasteiger partial charge < -0.3 is 10.0 Å². The minimum absolute atomic E-state index is 0.241. The Balaban J connectivity index is 3.03. The van der Waals surface area contributed by atoms with E-state index in [9.17, 15) is 9.59 Å². The lowest BCUT2D eigenvalue weighted by molar-refractivity contribution is -0.131. The highest BCUT2D eigenvalue weighted by molar-refractivity contribution is 5.98. The molecule has 6 nitrogen and oxygen atoms in total. The van der Waals surface area contributed by atoms with Crippen LogP contribution in [0, 0.1) is 11.3 Å². The number of carboxylic acids is 1. The number of carbonyl (C=O) groups excluding carboxylic acids is 1. The molecule has 1 heterocycles. The maximum absolute atomic E-state index is 12.4. The lowest BCUT2D eigenvalue weighted by Crippen LogP contribution is -2.32. The molecule has 1 rings (SSSR count). The molecule has 1 amide bonds. The summed E-state index contributed by atoms with van der Waals surface area (Å²) in [5.74, 6) is -1.33. The Morgan fingerprint density at radius 2 is 2.30 bits per heavy atom. The van der Waals surface area contributed by atoms with E-state index in [1.165, 1.54) is 23.4 Å². The SMILES string of the molecule is CCN(CCC#N)C(=O)c1ccncc1C=CC(=O)O. The van der Waals surface area contributed by atoms with Crippen LogP contribution in [0.25, 0.3) is 6.08 Å². The third-order valence-corrected chi connectivity index (χ3v) is 2.65. The molecule has 0 bridgehead atoms. The molecule has 0 fully saturated rings. The Labute approximate surface area is 117 Å². The number of carbonyl (C=O) groups is 2. The van der Waals surface area contributed by atoms with Crippen LogP contribution in [0.3, 0.4) is 0 Å². The van der Waals surface area contributed by atoms with E-state index < -0.39 is 5.97 Å². The second-order valence-electron chi connectivity index (χ2n) is 3.93. The number of aromatic nitrogens is 1. The van der Waals surface area contributed by atoms with E-state index in [1.807, 2.05) is 13.0 Å². The minimum Gasteiger partial charge on any atom is -0.478 e. The maximum Gasteiger partial charge on any atom is 0.328 e. The van der Waals surface area contributed by atoms with Crippen molar-refractivity contribution in [3.63, 3.8) is 0 Å². The second-order valence-corrected chi connectivity index (χ2v) is 3.93. The number of aliphatic carboxylic acids is 1. The Hall–Kier alpha value is -2.68. The van der Waals surface area contributed by atoms with Gasteiger partial charge in [-0.1, -0.05) is 0 Å². The predicted molar refractivity (Wildman–Crippen MR) is 72.7 cm³/mol. The van der Waals surface area contributed by atoms with Gasteiger partial charge in [-0.05, 0) is 19.1 Å². The van der Waals surface area contributed by atoms with Crippen LogP contribution in [0.4, 0.5) is 0 Å². The molecular formula is C14H15N3O3. The van der Waals surface area contributed by atoms with Gasteiger partial charge in [-0.3, -0.25) is 9.78 Å². The number of pyridine rings is 1. The van der Waals surface area contributed by atoms with Crippen LogP contribution < -0.4 is 0 Å². The van der Waals surface area contributed by atoms with E-state index in [4.69, 9.17) is 10.4 Å². The smallest absolute Gasteiger partial charge is 0.328 e. The highest BCUT2D eigenvalue weighted by Gasteiger charge is 2.16. The van der Waals surface area contributed by atoms with E-state index in [1.54, 1.807) is 6.07 Å². The number of carboxylic acid groups (broad SMARTS) is 1. The van der Waals surface area contributed by atoms with Crippen LogP contribution in [-0.2, 0) is 4.79 Å². The summed E-state index contributed by atoms with van der Waals surface area (Å²) in [4.78, 5) is 28.3. The van der Waals surface area contributed by atoms with Crippen molar-refractivity contribution in [3.05, 3.63) is 35.7 Å². The van der Waals surface area contributed by atoms with Crippen molar-refractivity contribution in [2.24, 2.45) is 0 Å². The third kappa shape index (κ3) is 4.21. The van der Waals surface area contributed by atoms with Gasteiger partial charge in [-0.2, -0.15) is 5.26 Å². The lowest BCUT2D eigenvalue weighted by atomic mass is 10.1. The molecule has 0 saturated heterocycles. The molecule has 0 aliphatic heterocycles. The summed E-state index contributed by atoms with van der Waals surface area (Å²) in [5, 5.41) is 17.2. The number of hydrogen-bond donors (Lipinski definition) is 1. The van der Waals surface area contributed by atoms with Crippen molar-refractivity contribution in [1.82, 2.24) is 9.88 Å². The van der Waals surface area contributed by atoms with Crippen molar-refractivity contribution >= 4 is 18.0 Å². The Morgan fingerprint density at radius 1 is 1.55 bits per heavy atom. The zero-order valence-electron chi connectivity index (χ0n) is 11.1. The standard InChI is InChI=1S/C14H15N3O3/c1-2-17(9-3-7-15)14(20)12-6-8-16-10-11(12)4-5-13(18)19/h4-6,8,10H,2-3,9H2,1H3,(H,18,19). The largest absolute Gasteiger partial charge is 0.478 e. The fourth-order valence-electron chi connectivity index (χ4n) is 1.65. The molecule has 0 aromatic carbocycles. The van der Waals surface area contributed by atoms with Crippen LogP contribution in [0.2, 0.25) is 0 Å². The van der Waals surface area contributed by atoms with Gasteiger partial charge in [0.25, 0.3) is 5.91 Å². The Morgan fingerprint density at radius 3 is 2.90 bits per heavy atom. The van der Waals surface area contributed by atoms with Crippen molar-refractivity contribution in [3.8, 4) is 6.07 Å². The van der Waals surface area contributed by atoms with Crippen LogP contribution in [0.1, 0.15) is 29.3 Å². The first-order valence-corrected chi connectivity index (χ1v) is 6.11. The molecular weight excluding hydrogens is 258 g/mol. The van der Waals surface area contributed by atoms with Crippen LogP contribution in [0.15, 0.2) is 24.5 Å². The van der Waals surface area contributed by atoms with Crippen LogP contribution >= 0.6 is 0 Å². The quantitative estimate of drug-likeness (QED) is 0.793. The summed E-state index contributed by atoms with van der Waals surface area (Å²) in [6, 6.07) is 3.54. The van der Waals surface area contributed by atoms with Gasteiger partial charge in [0.1, 0.15) is 0 Å². The lowest BCUT2D eigenvalue weighted by Gasteiger charge is -2.20. The molecule has 6 heteroatoms. The zero-order valence-corrected chi connectivity index (χ0v) is 11.1. The number of nitriles is 1. The van der Waals surface area contributed by atoms with Gasteiger partial charge >= 0.3 is 5.97 Å². The third-order valence-electron chi connectivity index (χ3n) is 2.65. The first kappa shape index (κ1) is 15.4. The molecule has 20 heavy (non-hydrogen) atoms. The normalized spacial score (nSPS) is 10.2. The Bertz CT molecular complexity index is 561. The molecule has 1 N–H and O–H groups in total. The number of hydrogen-bond acceptors (Lipinski definition) is 4. The summed E-state index contributed by atoms with van der Waals surface area (Å²) in [7, 11) is 0. The van der Waals surface area contributed by atoms with E-state index in [-0.39, 0.29) is 12.3 Å². The fourth-order valence-corrected chi connectivity index (χ4v) is 1.65. The number of nitrogens with zero attached hydrogens (tertiary/aromatic N) is 3. The summed E-state index contributed by atoms with van der Waals surface area (Å²) >= 11 is 0. The van der Waals surface area contributed by atoms with Gasteiger partial charge in [0.2, 0.25) is 0 Å². The summed E-state index contributed by atoms with van der Waals surface area (Å²) < 4.78 is 0. The van der Waals surface area contributed by atoms with Gasteiger partial charge in [-0.15, -0.1) is 0 Å². The predicted octanol–water partition coefficient (Wildman–Crippen LogP) is 1.56. The molecule has 0 unspecified atom stereocenters. The molecule has 1 aromatic heterocycles. The highest BCUT2D eigenvalue weighted by Crippen LogP contribution is 2.12. The molecule has 0 spiro atoms. The molecule has 0 aliphatic rings. The second kappa shape index (κ2) is 7.69. The van der Waals surface area contributed by atoms with E-state index in [0.717, 1.165) is 6.08 Å². The molecule has 0 radical (unpaired) electrons. The van der Waals surface area contributed by atoms with Crippen LogP contribution in [-0.4, -0.2) is 40.0 Å². The molecule has 0 atom stereocenters. The average Bonchev–Trinajstić information content (AvgIpc) is 2.46. The van der Waals surface area contributed by atoms with Crippen LogP contribution in [0.5, 0.6) is 0 Å². The number of amides is 1. The van der Waals surface area contributed by atoms with Crippen molar-refractivity contribution in [2.75, 3.05) is 13.1 Å². The highest BCUT2D eigenvalue weighted by atomic mass is 16.4. The first-order valence-electron chi connectivity index (χ1n) is 6.11. The van der Waals surface area contributed by atoms with Gasteiger partial charge in [0.05, 0.1) is 12.5 Å². The van der Waals surface area contributed by atoms with Crippen molar-refractivity contribution < 1.29 is 14.7 Å². The van der Waals surface area contributed by atoms with E-state index >= 15 is 0 Å². The maximum atomic E-state index is 12.4. The zero-order chi connectivity index (χ0) is 15.0. The van der Waals surface area contributed by atoms with Gasteiger partial charge in [-0.25, -0.2) is 4.79 Å². The molecule has 0 aliphatic carbocycles. The topological polar surface area (TPSA) is 94.3 Å². The molecule has 0 saturated carbocycles. The Kier molecular flexibility index (Phi) is 5.91. The van der Waals surface area contributed by atoms with Crippen molar-refractivity contribution in [1.29, 1.82) is 5.26 Å². The van der Waals surface area contributed by atoms with E-state index in [2.05, 4.69) is 4.98 Å². The summed E-state index contributed by atoms with van der Waals surface area (Å²) in [6.07, 6.45) is 5.46. The number of rotatable bonds is 6. The average molecular weight is 273 g/mol. The summed E-state index contributed by atoms with van der Waals surface area (Å²) in [6.45, 7) is 2.64. The first-order chi connectivity index (χ1) is 9.60. The van der Waals surface area contributed by atoms with Gasteiger partial charge in [0.15, 0.2) is 0 Å². The van der Waals surface area contributed by atoms with Gasteiger partial charge in [0, 0.05) is 42.7 Å². The van der Waals surface area contributed by atoms with Crippen molar-refractivity contribution in [2.45, 2.75) is 13.3 Å². The minimum atomic E-state index is -1.09. The summed E-state index contributed by atoms with van der Waals surface area (Å²) in [5.41, 5.74) is 0.813. The molecule has 1 aromatic rings. The van der Waals surface area contributed by atoms with E-state index in [0.29, 0.717) is 24.2 Å². The fraction of sp³-hybridized carbons (Fsp3) is 0.286. The molecule has 104 valence electrons.